The van der Waals surface area contributed by atoms with Gasteiger partial charge in [-0.3, -0.25) is 4.90 Å². The highest BCUT2D eigenvalue weighted by Crippen LogP contribution is 2.40. The van der Waals surface area contributed by atoms with Gasteiger partial charge in [0.15, 0.2) is 0 Å². The maximum Gasteiger partial charge on any atom is 0.123 e. The highest BCUT2D eigenvalue weighted by molar-refractivity contribution is 6.31. The molecule has 1 heterocycles. The van der Waals surface area contributed by atoms with Crippen molar-refractivity contribution >= 4 is 11.6 Å². The van der Waals surface area contributed by atoms with E-state index >= 15 is 0 Å². The zero-order chi connectivity index (χ0) is 14.4. The third-order valence-corrected chi connectivity index (χ3v) is 5.60. The second-order valence-electron chi connectivity index (χ2n) is 6.92. The van der Waals surface area contributed by atoms with Crippen LogP contribution >= 0.6 is 11.6 Å². The third kappa shape index (κ3) is 3.10. The third-order valence-electron chi connectivity index (χ3n) is 5.23. The van der Waals surface area contributed by atoms with Crippen molar-refractivity contribution in [2.75, 3.05) is 13.1 Å². The van der Waals surface area contributed by atoms with Gasteiger partial charge in [-0.15, -0.1) is 0 Å². The summed E-state index contributed by atoms with van der Waals surface area (Å²) in [6, 6.07) is 5.93. The first kappa shape index (κ1) is 14.0. The molecule has 2 saturated carbocycles. The molecule has 2 unspecified atom stereocenters. The van der Waals surface area contributed by atoms with Crippen molar-refractivity contribution in [2.24, 2.45) is 11.8 Å². The van der Waals surface area contributed by atoms with Crippen LogP contribution in [0.2, 0.25) is 5.02 Å². The Morgan fingerprint density at radius 1 is 1.19 bits per heavy atom. The summed E-state index contributed by atoms with van der Waals surface area (Å²) in [4.78, 5) is 2.55. The topological polar surface area (TPSA) is 15.3 Å². The Hall–Kier alpha value is -0.640. The summed E-state index contributed by atoms with van der Waals surface area (Å²) >= 11 is 6.26. The summed E-state index contributed by atoms with van der Waals surface area (Å²) in [6.07, 6.45) is 5.41. The molecule has 0 spiro atoms. The second kappa shape index (κ2) is 5.53. The van der Waals surface area contributed by atoms with Crippen LogP contribution in [-0.2, 0) is 6.54 Å². The van der Waals surface area contributed by atoms with E-state index in [1.807, 2.05) is 0 Å². The maximum atomic E-state index is 13.5. The van der Waals surface area contributed by atoms with Crippen molar-refractivity contribution in [3.8, 4) is 0 Å². The Kier molecular flexibility index (Phi) is 3.68. The van der Waals surface area contributed by atoms with Crippen molar-refractivity contribution in [1.29, 1.82) is 0 Å². The molecule has 3 aliphatic rings. The van der Waals surface area contributed by atoms with E-state index in [-0.39, 0.29) is 5.82 Å². The molecule has 2 aliphatic carbocycles. The quantitative estimate of drug-likeness (QED) is 0.916. The van der Waals surface area contributed by atoms with Crippen LogP contribution in [-0.4, -0.2) is 30.1 Å². The first-order valence-corrected chi connectivity index (χ1v) is 8.50. The van der Waals surface area contributed by atoms with E-state index in [4.69, 9.17) is 11.6 Å². The Balaban J connectivity index is 1.52. The summed E-state index contributed by atoms with van der Waals surface area (Å²) < 4.78 is 13.5. The van der Waals surface area contributed by atoms with Gasteiger partial charge in [-0.2, -0.15) is 0 Å². The van der Waals surface area contributed by atoms with Gasteiger partial charge in [-0.25, -0.2) is 4.39 Å². The average molecular weight is 309 g/mol. The number of hydrogen-bond donors (Lipinski definition) is 1. The molecule has 4 heteroatoms. The molecule has 0 bridgehead atoms. The minimum atomic E-state index is -0.189. The van der Waals surface area contributed by atoms with Crippen LogP contribution in [0.5, 0.6) is 0 Å². The predicted octanol–water partition coefficient (Wildman–Crippen LogP) is 3.44. The SMILES string of the molecule is Fc1ccc(Cl)c(CN2CC(C3CC3)NCC2C2CC2)c1. The van der Waals surface area contributed by atoms with Crippen LogP contribution in [0.3, 0.4) is 0 Å². The zero-order valence-electron chi connectivity index (χ0n) is 12.2. The number of nitrogens with one attached hydrogen (secondary N) is 1. The molecule has 0 radical (unpaired) electrons. The predicted molar refractivity (Wildman–Crippen MR) is 82.8 cm³/mol. The molecular weight excluding hydrogens is 287 g/mol. The second-order valence-corrected chi connectivity index (χ2v) is 7.33. The molecule has 2 atom stereocenters. The molecular formula is C17H22ClFN2. The minimum absolute atomic E-state index is 0.189. The van der Waals surface area contributed by atoms with Crippen molar-refractivity contribution in [2.45, 2.75) is 44.3 Å². The highest BCUT2D eigenvalue weighted by atomic mass is 35.5. The van der Waals surface area contributed by atoms with Crippen molar-refractivity contribution in [3.05, 3.63) is 34.6 Å². The van der Waals surface area contributed by atoms with E-state index in [1.165, 1.54) is 31.7 Å². The van der Waals surface area contributed by atoms with Gasteiger partial charge in [0.05, 0.1) is 0 Å². The molecule has 21 heavy (non-hydrogen) atoms. The summed E-state index contributed by atoms with van der Waals surface area (Å²) in [5.74, 6) is 1.49. The van der Waals surface area contributed by atoms with E-state index in [0.717, 1.165) is 37.0 Å². The number of nitrogens with zero attached hydrogens (tertiary/aromatic N) is 1. The normalized spacial score (nSPS) is 30.6. The molecule has 114 valence electrons. The lowest BCUT2D eigenvalue weighted by atomic mass is 10.0. The van der Waals surface area contributed by atoms with Gasteiger partial charge in [0.2, 0.25) is 0 Å². The fourth-order valence-electron chi connectivity index (χ4n) is 3.68. The molecule has 1 aromatic rings. The number of benzene rings is 1. The molecule has 0 amide bonds. The lowest BCUT2D eigenvalue weighted by molar-refractivity contribution is 0.100. The zero-order valence-corrected chi connectivity index (χ0v) is 13.0. The Labute approximate surface area is 130 Å². The first-order chi connectivity index (χ1) is 10.2. The number of rotatable bonds is 4. The van der Waals surface area contributed by atoms with Gasteiger partial charge in [0.25, 0.3) is 0 Å². The molecule has 1 N–H and O–H groups in total. The minimum Gasteiger partial charge on any atom is -0.311 e. The van der Waals surface area contributed by atoms with E-state index in [0.29, 0.717) is 17.1 Å². The lowest BCUT2D eigenvalue weighted by Crippen LogP contribution is -2.57. The summed E-state index contributed by atoms with van der Waals surface area (Å²) in [7, 11) is 0. The van der Waals surface area contributed by atoms with Gasteiger partial charge in [0.1, 0.15) is 5.82 Å². The fraction of sp³-hybridized carbons (Fsp3) is 0.647. The Morgan fingerprint density at radius 3 is 2.67 bits per heavy atom. The van der Waals surface area contributed by atoms with Crippen LogP contribution in [0, 0.1) is 17.7 Å². The lowest BCUT2D eigenvalue weighted by Gasteiger charge is -2.41. The largest absolute Gasteiger partial charge is 0.311 e. The molecule has 0 aromatic heterocycles. The maximum absolute atomic E-state index is 13.5. The summed E-state index contributed by atoms with van der Waals surface area (Å²) in [5.41, 5.74) is 0.929. The van der Waals surface area contributed by atoms with Crippen LogP contribution in [0.15, 0.2) is 18.2 Å². The van der Waals surface area contributed by atoms with Crippen LogP contribution in [0.4, 0.5) is 4.39 Å². The Morgan fingerprint density at radius 2 is 1.95 bits per heavy atom. The average Bonchev–Trinajstić information content (AvgIpc) is 3.36. The number of halogens is 2. The molecule has 2 nitrogen and oxygen atoms in total. The van der Waals surface area contributed by atoms with Gasteiger partial charge >= 0.3 is 0 Å². The van der Waals surface area contributed by atoms with E-state index in [2.05, 4.69) is 10.2 Å². The van der Waals surface area contributed by atoms with E-state index in [1.54, 1.807) is 12.1 Å². The number of hydrogen-bond acceptors (Lipinski definition) is 2. The van der Waals surface area contributed by atoms with Crippen molar-refractivity contribution in [1.82, 2.24) is 10.2 Å². The fourth-order valence-corrected chi connectivity index (χ4v) is 3.86. The smallest absolute Gasteiger partial charge is 0.123 e. The molecule has 1 aliphatic heterocycles. The van der Waals surface area contributed by atoms with E-state index < -0.39 is 0 Å². The molecule has 3 fully saturated rings. The van der Waals surface area contributed by atoms with Gasteiger partial charge in [0, 0.05) is 36.7 Å². The van der Waals surface area contributed by atoms with Crippen molar-refractivity contribution < 1.29 is 4.39 Å². The van der Waals surface area contributed by atoms with Crippen LogP contribution in [0.25, 0.3) is 0 Å². The monoisotopic (exact) mass is 308 g/mol. The van der Waals surface area contributed by atoms with Gasteiger partial charge in [-0.1, -0.05) is 11.6 Å². The number of piperazine rings is 1. The molecule has 4 rings (SSSR count). The van der Waals surface area contributed by atoms with E-state index in [9.17, 15) is 4.39 Å². The first-order valence-electron chi connectivity index (χ1n) is 8.12. The van der Waals surface area contributed by atoms with Gasteiger partial charge < -0.3 is 5.32 Å². The molecule has 1 aromatic carbocycles. The van der Waals surface area contributed by atoms with Gasteiger partial charge in [-0.05, 0) is 61.3 Å². The van der Waals surface area contributed by atoms with Crippen LogP contribution in [0.1, 0.15) is 31.2 Å². The molecule has 1 saturated heterocycles. The van der Waals surface area contributed by atoms with Crippen LogP contribution < -0.4 is 5.32 Å². The Bertz CT molecular complexity index is 528. The summed E-state index contributed by atoms with van der Waals surface area (Å²) in [5, 5.41) is 4.43. The standard InChI is InChI=1S/C17H22ClFN2/c18-15-6-5-14(19)7-13(15)9-21-10-16(11-1-2-11)20-8-17(21)12-3-4-12/h5-7,11-12,16-17,20H,1-4,8-10H2. The van der Waals surface area contributed by atoms with Crippen molar-refractivity contribution in [3.63, 3.8) is 0 Å². The highest BCUT2D eigenvalue weighted by Gasteiger charge is 2.42. The summed E-state index contributed by atoms with van der Waals surface area (Å²) in [6.45, 7) is 2.94.